The Hall–Kier alpha value is -1.17. The topological polar surface area (TPSA) is 81.7 Å². The van der Waals surface area contributed by atoms with Crippen molar-refractivity contribution in [2.75, 3.05) is 0 Å². The average Bonchev–Trinajstić information content (AvgIpc) is 2.29. The van der Waals surface area contributed by atoms with Gasteiger partial charge in [0.25, 0.3) is 5.92 Å². The lowest BCUT2D eigenvalue weighted by Gasteiger charge is -2.37. The van der Waals surface area contributed by atoms with Crippen LogP contribution in [-0.4, -0.2) is 43.7 Å². The summed E-state index contributed by atoms with van der Waals surface area (Å²) in [5.41, 5.74) is -6.83. The molecule has 1 aliphatic carbocycles. The van der Waals surface area contributed by atoms with Gasteiger partial charge < -0.3 is 10.1 Å². The number of alkyl carbamates (subject to hydrolysis) is 1. The molecule has 1 unspecified atom stereocenters. The van der Waals surface area contributed by atoms with E-state index in [2.05, 4.69) is 4.18 Å². The number of nitrogens with one attached hydrogen (secondary N) is 1. The number of rotatable bonds is 3. The van der Waals surface area contributed by atoms with E-state index in [4.69, 9.17) is 4.74 Å². The van der Waals surface area contributed by atoms with E-state index >= 15 is 0 Å². The quantitative estimate of drug-likeness (QED) is 0.460. The Kier molecular flexibility index (Phi) is 5.76. The summed E-state index contributed by atoms with van der Waals surface area (Å²) in [5.74, 6) is -3.86. The van der Waals surface area contributed by atoms with Gasteiger partial charge in [0.1, 0.15) is 5.60 Å². The smallest absolute Gasteiger partial charge is 0.444 e. The van der Waals surface area contributed by atoms with Crippen molar-refractivity contribution in [2.45, 2.75) is 69.2 Å². The maximum atomic E-state index is 13.9. The predicted octanol–water partition coefficient (Wildman–Crippen LogP) is 2.93. The van der Waals surface area contributed by atoms with Gasteiger partial charge in [0.05, 0.1) is 6.04 Å². The fourth-order valence-electron chi connectivity index (χ4n) is 2.08. The van der Waals surface area contributed by atoms with E-state index in [0.29, 0.717) is 0 Å². The van der Waals surface area contributed by atoms with Crippen LogP contribution >= 0.6 is 0 Å². The van der Waals surface area contributed by atoms with E-state index in [1.807, 2.05) is 5.32 Å². The third kappa shape index (κ3) is 5.43. The first-order chi connectivity index (χ1) is 10.6. The molecule has 0 radical (unpaired) electrons. The number of halogens is 5. The van der Waals surface area contributed by atoms with Crippen LogP contribution in [0.1, 0.15) is 40.0 Å². The third-order valence-corrected chi connectivity index (χ3v) is 4.05. The number of hydrogen-bond donors (Lipinski definition) is 1. The van der Waals surface area contributed by atoms with Gasteiger partial charge in [0.15, 0.2) is 6.10 Å². The fourth-order valence-corrected chi connectivity index (χ4v) is 2.74. The molecule has 0 spiro atoms. The molecule has 6 nitrogen and oxygen atoms in total. The highest BCUT2D eigenvalue weighted by Crippen LogP contribution is 2.39. The maximum Gasteiger partial charge on any atom is 0.523 e. The molecule has 1 amide bonds. The van der Waals surface area contributed by atoms with E-state index in [0.717, 1.165) is 0 Å². The van der Waals surface area contributed by atoms with Crippen molar-refractivity contribution in [1.29, 1.82) is 0 Å². The summed E-state index contributed by atoms with van der Waals surface area (Å²) in [4.78, 5) is 11.6. The molecule has 1 saturated carbocycles. The fraction of sp³-hybridized carbons (Fsp3) is 0.917. The lowest BCUT2D eigenvalue weighted by Crippen LogP contribution is -2.57. The SMILES string of the molecule is CC(C)(C)OC(=O)N[C@@H]1CCCC(F)(F)C1OS(=O)(=O)C(F)(F)F. The molecule has 1 fully saturated rings. The zero-order chi connectivity index (χ0) is 19.0. The highest BCUT2D eigenvalue weighted by Gasteiger charge is 2.56. The van der Waals surface area contributed by atoms with Gasteiger partial charge in [0, 0.05) is 6.42 Å². The third-order valence-electron chi connectivity index (χ3n) is 3.02. The van der Waals surface area contributed by atoms with Crippen molar-refractivity contribution in [3.05, 3.63) is 0 Å². The van der Waals surface area contributed by atoms with E-state index in [1.54, 1.807) is 0 Å². The minimum Gasteiger partial charge on any atom is -0.444 e. The standard InChI is InChI=1S/C12H18F5NO5S/c1-10(2,3)22-9(19)18-7-5-4-6-11(13,14)8(7)23-24(20,21)12(15,16)17/h7-8H,4-6H2,1-3H3,(H,18,19)/t7-,8?/m1/s1. The number of amides is 1. The summed E-state index contributed by atoms with van der Waals surface area (Å²) in [6, 6.07) is -1.65. The van der Waals surface area contributed by atoms with Crippen molar-refractivity contribution in [3.8, 4) is 0 Å². The van der Waals surface area contributed by atoms with Gasteiger partial charge >= 0.3 is 21.7 Å². The number of hydrogen-bond acceptors (Lipinski definition) is 5. The highest BCUT2D eigenvalue weighted by atomic mass is 32.2. The van der Waals surface area contributed by atoms with Gasteiger partial charge in [-0.2, -0.15) is 21.6 Å². The molecule has 24 heavy (non-hydrogen) atoms. The summed E-state index contributed by atoms with van der Waals surface area (Å²) >= 11 is 0. The molecule has 0 heterocycles. The van der Waals surface area contributed by atoms with Gasteiger partial charge in [-0.15, -0.1) is 0 Å². The Bertz CT molecular complexity index is 569. The molecule has 12 heteroatoms. The van der Waals surface area contributed by atoms with Crippen LogP contribution in [0.5, 0.6) is 0 Å². The Morgan fingerprint density at radius 1 is 1.21 bits per heavy atom. The number of ether oxygens (including phenoxy) is 1. The molecule has 1 aliphatic rings. The van der Waals surface area contributed by atoms with E-state index in [-0.39, 0.29) is 12.8 Å². The van der Waals surface area contributed by atoms with Gasteiger partial charge in [-0.05, 0) is 33.6 Å². The highest BCUT2D eigenvalue weighted by molar-refractivity contribution is 7.87. The molecule has 142 valence electrons. The number of carbonyl (C=O) groups excluding carboxylic acids is 1. The number of alkyl halides is 5. The molecule has 1 rings (SSSR count). The second kappa shape index (κ2) is 6.62. The van der Waals surface area contributed by atoms with Crippen LogP contribution in [-0.2, 0) is 19.0 Å². The van der Waals surface area contributed by atoms with Crippen LogP contribution in [0.25, 0.3) is 0 Å². The zero-order valence-corrected chi connectivity index (χ0v) is 13.9. The largest absolute Gasteiger partial charge is 0.523 e. The van der Waals surface area contributed by atoms with Crippen molar-refractivity contribution >= 4 is 16.2 Å². The Labute approximate surface area is 135 Å². The zero-order valence-electron chi connectivity index (χ0n) is 13.1. The predicted molar refractivity (Wildman–Crippen MR) is 71.8 cm³/mol. The van der Waals surface area contributed by atoms with E-state index in [9.17, 15) is 35.2 Å². The molecule has 0 bridgehead atoms. The minimum absolute atomic E-state index is 0.139. The summed E-state index contributed by atoms with van der Waals surface area (Å²) < 4.78 is 95.5. The Balaban J connectivity index is 2.99. The van der Waals surface area contributed by atoms with Crippen molar-refractivity contribution < 1.29 is 44.1 Å². The van der Waals surface area contributed by atoms with Crippen molar-refractivity contribution in [3.63, 3.8) is 0 Å². The molecular weight excluding hydrogens is 365 g/mol. The maximum absolute atomic E-state index is 13.9. The Morgan fingerprint density at radius 2 is 1.75 bits per heavy atom. The van der Waals surface area contributed by atoms with Gasteiger partial charge in [-0.3, -0.25) is 4.18 Å². The first kappa shape index (κ1) is 20.9. The minimum atomic E-state index is -6.24. The summed E-state index contributed by atoms with van der Waals surface area (Å²) in [5, 5.41) is 1.96. The Morgan fingerprint density at radius 3 is 2.21 bits per heavy atom. The molecule has 2 atom stereocenters. The van der Waals surface area contributed by atoms with Gasteiger partial charge in [-0.25, -0.2) is 13.6 Å². The molecule has 1 N–H and O–H groups in total. The molecular formula is C12H18F5NO5S. The molecule has 0 aromatic carbocycles. The molecule has 0 aromatic heterocycles. The van der Waals surface area contributed by atoms with Gasteiger partial charge in [0.2, 0.25) is 0 Å². The van der Waals surface area contributed by atoms with Crippen molar-refractivity contribution in [2.24, 2.45) is 0 Å². The van der Waals surface area contributed by atoms with E-state index in [1.165, 1.54) is 20.8 Å². The summed E-state index contributed by atoms with van der Waals surface area (Å²) in [6.45, 7) is 4.47. The lowest BCUT2D eigenvalue weighted by atomic mass is 9.89. The summed E-state index contributed by atoms with van der Waals surface area (Å²) in [6.07, 6.45) is -5.03. The second-order valence-corrected chi connectivity index (χ2v) is 7.89. The average molecular weight is 383 g/mol. The lowest BCUT2D eigenvalue weighted by molar-refractivity contribution is -0.138. The normalized spacial score (nSPS) is 25.2. The summed E-state index contributed by atoms with van der Waals surface area (Å²) in [7, 11) is -6.24. The second-order valence-electron chi connectivity index (χ2n) is 6.32. The first-order valence-corrected chi connectivity index (χ1v) is 8.33. The van der Waals surface area contributed by atoms with Crippen LogP contribution in [0.3, 0.4) is 0 Å². The van der Waals surface area contributed by atoms with Gasteiger partial charge in [-0.1, -0.05) is 0 Å². The van der Waals surface area contributed by atoms with Crippen LogP contribution in [0.15, 0.2) is 0 Å². The van der Waals surface area contributed by atoms with Crippen LogP contribution < -0.4 is 5.32 Å². The molecule has 0 aromatic rings. The van der Waals surface area contributed by atoms with Crippen molar-refractivity contribution in [1.82, 2.24) is 5.32 Å². The van der Waals surface area contributed by atoms with Crippen LogP contribution in [0.4, 0.5) is 26.7 Å². The monoisotopic (exact) mass is 383 g/mol. The van der Waals surface area contributed by atoms with E-state index < -0.39 is 51.8 Å². The van der Waals surface area contributed by atoms with Crippen LogP contribution in [0.2, 0.25) is 0 Å². The number of carbonyl (C=O) groups is 1. The first-order valence-electron chi connectivity index (χ1n) is 6.92. The molecule has 0 aliphatic heterocycles. The molecule has 0 saturated heterocycles. The van der Waals surface area contributed by atoms with Crippen LogP contribution in [0, 0.1) is 0 Å².